The largest absolute Gasteiger partial charge is 0.332 e. The third-order valence-corrected chi connectivity index (χ3v) is 8.31. The van der Waals surface area contributed by atoms with Gasteiger partial charge in [0.1, 0.15) is 6.33 Å². The van der Waals surface area contributed by atoms with Gasteiger partial charge in [-0.1, -0.05) is 28.0 Å². The average Bonchev–Trinajstić information content (AvgIpc) is 3.19. The van der Waals surface area contributed by atoms with Crippen LogP contribution in [0.3, 0.4) is 0 Å². The fraction of sp³-hybridized carbons (Fsp3) is 0.706. The van der Waals surface area contributed by atoms with E-state index in [2.05, 4.69) is 14.9 Å². The number of hydrogen-bond donors (Lipinski definition) is 0. The molecule has 0 saturated carbocycles. The molecule has 0 spiro atoms. The van der Waals surface area contributed by atoms with Crippen LogP contribution in [0.5, 0.6) is 0 Å². The van der Waals surface area contributed by atoms with Gasteiger partial charge in [0.05, 0.1) is 11.7 Å². The Balaban J connectivity index is 1.32. The number of aromatic nitrogens is 2. The van der Waals surface area contributed by atoms with Crippen LogP contribution in [0.25, 0.3) is 0 Å². The van der Waals surface area contributed by atoms with Gasteiger partial charge < -0.3 is 4.90 Å². The highest BCUT2D eigenvalue weighted by Crippen LogP contribution is 2.43. The third-order valence-electron chi connectivity index (χ3n) is 5.30. The van der Waals surface area contributed by atoms with Crippen molar-refractivity contribution >= 4 is 27.5 Å². The summed E-state index contributed by atoms with van der Waals surface area (Å²) in [5.41, 5.74) is 2.35. The van der Waals surface area contributed by atoms with Gasteiger partial charge in [-0.15, -0.1) is 0 Å². The molecule has 0 aromatic carbocycles. The van der Waals surface area contributed by atoms with E-state index in [-0.39, 0.29) is 6.04 Å². The maximum Gasteiger partial charge on any atom is 0.223 e. The highest BCUT2D eigenvalue weighted by atomic mass is 33.1. The number of carbonyl (C=O) groups excluding carboxylic acids is 1. The topological polar surface area (TPSA) is 46.1 Å². The molecule has 4 rings (SSSR count). The average molecular weight is 350 g/mol. The minimum absolute atomic E-state index is 0.235. The maximum atomic E-state index is 12.7. The molecule has 1 aromatic heterocycles. The molecule has 3 aliphatic heterocycles. The highest BCUT2D eigenvalue weighted by molar-refractivity contribution is 8.77. The lowest BCUT2D eigenvalue weighted by Gasteiger charge is -2.35. The zero-order valence-corrected chi connectivity index (χ0v) is 15.0. The fourth-order valence-corrected chi connectivity index (χ4v) is 7.17. The van der Waals surface area contributed by atoms with Crippen LogP contribution in [0.15, 0.2) is 12.5 Å². The normalized spacial score (nSPS) is 28.9. The van der Waals surface area contributed by atoms with E-state index >= 15 is 0 Å². The van der Waals surface area contributed by atoms with Crippen molar-refractivity contribution in [1.29, 1.82) is 0 Å². The molecule has 3 unspecified atom stereocenters. The van der Waals surface area contributed by atoms with Crippen molar-refractivity contribution in [2.24, 2.45) is 0 Å². The van der Waals surface area contributed by atoms with E-state index in [1.165, 1.54) is 30.6 Å². The molecule has 3 aliphatic rings. The number of rotatable bonds is 5. The van der Waals surface area contributed by atoms with Crippen LogP contribution in [0, 0.1) is 0 Å². The molecule has 3 atom stereocenters. The minimum atomic E-state index is 0.235. The van der Waals surface area contributed by atoms with E-state index in [1.54, 1.807) is 6.33 Å². The lowest BCUT2D eigenvalue weighted by atomic mass is 9.98. The number of nitrogens with zero attached hydrogens (tertiary/aromatic N) is 3. The van der Waals surface area contributed by atoms with E-state index in [0.717, 1.165) is 36.6 Å². The Kier molecular flexibility index (Phi) is 4.80. The van der Waals surface area contributed by atoms with Crippen LogP contribution in [-0.2, 0) is 11.2 Å². The molecule has 2 saturated heterocycles. The van der Waals surface area contributed by atoms with Gasteiger partial charge in [0.25, 0.3) is 0 Å². The summed E-state index contributed by atoms with van der Waals surface area (Å²) < 4.78 is 0. The second-order valence-electron chi connectivity index (χ2n) is 6.75. The van der Waals surface area contributed by atoms with E-state index in [1.807, 2.05) is 27.8 Å². The molecule has 6 heteroatoms. The third kappa shape index (κ3) is 3.25. The Hall–Kier alpha value is -0.750. The van der Waals surface area contributed by atoms with E-state index in [9.17, 15) is 4.79 Å². The molecule has 4 heterocycles. The summed E-state index contributed by atoms with van der Waals surface area (Å²) in [4.78, 5) is 23.5. The molecule has 0 N–H and O–H groups in total. The van der Waals surface area contributed by atoms with Crippen LogP contribution < -0.4 is 0 Å². The Morgan fingerprint density at radius 1 is 1.30 bits per heavy atom. The molecule has 2 bridgehead atoms. The number of hydrogen-bond acceptors (Lipinski definition) is 5. The first-order valence-corrected chi connectivity index (χ1v) is 11.1. The molecule has 1 aromatic rings. The molecule has 124 valence electrons. The van der Waals surface area contributed by atoms with Crippen molar-refractivity contribution in [3.8, 4) is 0 Å². The number of fused-ring (bicyclic) bond motifs is 4. The second-order valence-corrected chi connectivity index (χ2v) is 9.54. The summed E-state index contributed by atoms with van der Waals surface area (Å²) in [5.74, 6) is 1.65. The van der Waals surface area contributed by atoms with Crippen LogP contribution in [-0.4, -0.2) is 37.8 Å². The lowest BCUT2D eigenvalue weighted by Crippen LogP contribution is -2.42. The highest BCUT2D eigenvalue weighted by Gasteiger charge is 2.42. The van der Waals surface area contributed by atoms with Gasteiger partial charge in [-0.2, -0.15) is 0 Å². The quantitative estimate of drug-likeness (QED) is 0.598. The molecule has 0 radical (unpaired) electrons. The standard InChI is InChI=1S/C17H23N3OS2/c21-17(4-2-1-3-13-7-8-22-23-13)20-12-5-6-16(20)14-10-18-11-19-15(14)9-12/h10-13,16H,1-9H2. The van der Waals surface area contributed by atoms with E-state index in [0.29, 0.717) is 18.4 Å². The molecular formula is C17H23N3OS2. The van der Waals surface area contributed by atoms with Crippen molar-refractivity contribution in [2.75, 3.05) is 5.75 Å². The van der Waals surface area contributed by atoms with E-state index in [4.69, 9.17) is 0 Å². The fourth-order valence-electron chi connectivity index (χ4n) is 4.15. The van der Waals surface area contributed by atoms with Gasteiger partial charge in [-0.05, 0) is 32.1 Å². The first-order valence-electron chi connectivity index (χ1n) is 8.71. The van der Waals surface area contributed by atoms with Crippen LogP contribution >= 0.6 is 21.6 Å². The molecular weight excluding hydrogens is 326 g/mol. The van der Waals surface area contributed by atoms with Gasteiger partial charge in [-0.3, -0.25) is 4.79 Å². The van der Waals surface area contributed by atoms with E-state index < -0.39 is 0 Å². The summed E-state index contributed by atoms with van der Waals surface area (Å²) in [6.45, 7) is 0. The zero-order valence-electron chi connectivity index (χ0n) is 13.3. The summed E-state index contributed by atoms with van der Waals surface area (Å²) in [6.07, 6.45) is 12.2. The zero-order chi connectivity index (χ0) is 15.6. The van der Waals surface area contributed by atoms with Crippen molar-refractivity contribution in [1.82, 2.24) is 14.9 Å². The van der Waals surface area contributed by atoms with Crippen molar-refractivity contribution in [3.63, 3.8) is 0 Å². The van der Waals surface area contributed by atoms with Gasteiger partial charge >= 0.3 is 0 Å². The Morgan fingerprint density at radius 2 is 2.26 bits per heavy atom. The molecule has 0 aliphatic carbocycles. The van der Waals surface area contributed by atoms with Gasteiger partial charge in [0.15, 0.2) is 0 Å². The summed E-state index contributed by atoms with van der Waals surface area (Å²) in [7, 11) is 4.04. The Labute approximate surface area is 145 Å². The van der Waals surface area contributed by atoms with Crippen molar-refractivity contribution in [3.05, 3.63) is 23.8 Å². The molecule has 1 amide bonds. The predicted molar refractivity (Wildman–Crippen MR) is 95.3 cm³/mol. The van der Waals surface area contributed by atoms with Crippen LogP contribution in [0.1, 0.15) is 62.2 Å². The van der Waals surface area contributed by atoms with Crippen molar-refractivity contribution < 1.29 is 4.79 Å². The smallest absolute Gasteiger partial charge is 0.223 e. The molecule has 23 heavy (non-hydrogen) atoms. The van der Waals surface area contributed by atoms with Gasteiger partial charge in [-0.25, -0.2) is 9.97 Å². The monoisotopic (exact) mass is 349 g/mol. The first-order chi connectivity index (χ1) is 11.3. The summed E-state index contributed by atoms with van der Waals surface area (Å²) in [5, 5.41) is 0.824. The number of carbonyl (C=O) groups is 1. The van der Waals surface area contributed by atoms with Crippen LogP contribution in [0.4, 0.5) is 0 Å². The van der Waals surface area contributed by atoms with Crippen molar-refractivity contribution in [2.45, 2.75) is 68.7 Å². The number of amides is 1. The molecule has 4 nitrogen and oxygen atoms in total. The first kappa shape index (κ1) is 15.8. The van der Waals surface area contributed by atoms with Gasteiger partial charge in [0, 0.05) is 41.6 Å². The molecule has 2 fully saturated rings. The Bertz CT molecular complexity index is 577. The number of unbranched alkanes of at least 4 members (excludes halogenated alkanes) is 1. The van der Waals surface area contributed by atoms with Crippen LogP contribution in [0.2, 0.25) is 0 Å². The van der Waals surface area contributed by atoms with Gasteiger partial charge in [0.2, 0.25) is 5.91 Å². The second kappa shape index (κ2) is 7.01. The lowest BCUT2D eigenvalue weighted by molar-refractivity contribution is -0.134. The summed E-state index contributed by atoms with van der Waals surface area (Å²) >= 11 is 0. The SMILES string of the molecule is O=C(CCCCC1CCSS1)N1C2CCC1c1cncnc1C2. The maximum absolute atomic E-state index is 12.7. The summed E-state index contributed by atoms with van der Waals surface area (Å²) in [6, 6.07) is 0.607. The Morgan fingerprint density at radius 3 is 3.13 bits per heavy atom. The predicted octanol–water partition coefficient (Wildman–Crippen LogP) is 3.78. The minimum Gasteiger partial charge on any atom is -0.332 e.